The minimum absolute atomic E-state index is 0.0521. The molecule has 0 radical (unpaired) electrons. The maximum atomic E-state index is 12.9. The molecule has 1 heterocycles. The van der Waals surface area contributed by atoms with Crippen LogP contribution >= 0.6 is 15.9 Å². The Labute approximate surface area is 145 Å². The van der Waals surface area contributed by atoms with E-state index in [0.29, 0.717) is 17.8 Å². The largest absolute Gasteiger partial charge is 0.478 e. The van der Waals surface area contributed by atoms with E-state index in [2.05, 4.69) is 15.9 Å². The molecule has 2 aromatic rings. The molecule has 1 amide bonds. The lowest BCUT2D eigenvalue weighted by atomic mass is 10.1. The van der Waals surface area contributed by atoms with Crippen LogP contribution in [0.3, 0.4) is 0 Å². The number of nitrogens with zero attached hydrogens (tertiary/aromatic N) is 1. The Balaban J connectivity index is 2.15. The number of ether oxygens (including phenoxy) is 1. The zero-order chi connectivity index (χ0) is 17.5. The van der Waals surface area contributed by atoms with E-state index in [-0.39, 0.29) is 11.7 Å². The molecule has 126 valence electrons. The molecule has 2 aromatic carbocycles. The van der Waals surface area contributed by atoms with Crippen LogP contribution in [-0.4, -0.2) is 12.0 Å². The van der Waals surface area contributed by atoms with Crippen LogP contribution in [0.25, 0.3) is 0 Å². The Kier molecular flexibility index (Phi) is 4.29. The van der Waals surface area contributed by atoms with E-state index in [4.69, 9.17) is 4.74 Å². The highest BCUT2D eigenvalue weighted by Gasteiger charge is 2.37. The van der Waals surface area contributed by atoms with Crippen molar-refractivity contribution in [2.75, 3.05) is 4.90 Å². The molecule has 0 aromatic heterocycles. The fourth-order valence-corrected chi connectivity index (χ4v) is 2.96. The van der Waals surface area contributed by atoms with Crippen LogP contribution in [0.1, 0.15) is 18.9 Å². The van der Waals surface area contributed by atoms with E-state index in [1.54, 1.807) is 31.2 Å². The number of hydrogen-bond acceptors (Lipinski definition) is 2. The van der Waals surface area contributed by atoms with Gasteiger partial charge < -0.3 is 4.74 Å². The van der Waals surface area contributed by atoms with Gasteiger partial charge in [0.25, 0.3) is 5.91 Å². The summed E-state index contributed by atoms with van der Waals surface area (Å²) in [6.45, 7) is 1.75. The molecular formula is C17H13BrF3NO2. The molecule has 3 nitrogen and oxygen atoms in total. The number of fused-ring (bicyclic) bond motifs is 1. The minimum Gasteiger partial charge on any atom is -0.478 e. The number of anilines is 2. The number of amides is 1. The summed E-state index contributed by atoms with van der Waals surface area (Å²) < 4.78 is 45.1. The van der Waals surface area contributed by atoms with Crippen LogP contribution < -0.4 is 9.64 Å². The van der Waals surface area contributed by atoms with Gasteiger partial charge in [-0.2, -0.15) is 13.2 Å². The summed E-state index contributed by atoms with van der Waals surface area (Å²) in [4.78, 5) is 14.1. The van der Waals surface area contributed by atoms with E-state index in [1.807, 2.05) is 0 Å². The third kappa shape index (κ3) is 3.00. The van der Waals surface area contributed by atoms with Crippen molar-refractivity contribution in [1.29, 1.82) is 0 Å². The quantitative estimate of drug-likeness (QED) is 0.685. The van der Waals surface area contributed by atoms with Gasteiger partial charge in [-0.25, -0.2) is 0 Å². The summed E-state index contributed by atoms with van der Waals surface area (Å²) in [5.41, 5.74) is 0.0626. The summed E-state index contributed by atoms with van der Waals surface area (Å²) in [6.07, 6.45) is -4.93. The highest BCUT2D eigenvalue weighted by molar-refractivity contribution is 9.10. The van der Waals surface area contributed by atoms with E-state index < -0.39 is 17.8 Å². The van der Waals surface area contributed by atoms with Crippen molar-refractivity contribution in [2.24, 2.45) is 0 Å². The SMILES string of the molecule is CCC1Oc2cc(C(F)(F)F)ccc2N(c2cccc(Br)c2)C1=O. The van der Waals surface area contributed by atoms with Gasteiger partial charge >= 0.3 is 6.18 Å². The van der Waals surface area contributed by atoms with Crippen molar-refractivity contribution in [3.8, 4) is 5.75 Å². The maximum absolute atomic E-state index is 12.9. The summed E-state index contributed by atoms with van der Waals surface area (Å²) in [6, 6.07) is 10.2. The third-order valence-corrected chi connectivity index (χ3v) is 4.22. The minimum atomic E-state index is -4.47. The fourth-order valence-electron chi connectivity index (χ4n) is 2.58. The highest BCUT2D eigenvalue weighted by atomic mass is 79.9. The lowest BCUT2D eigenvalue weighted by molar-refractivity contribution is -0.137. The molecule has 1 atom stereocenters. The van der Waals surface area contributed by atoms with Gasteiger partial charge in [0.05, 0.1) is 16.9 Å². The fraction of sp³-hybridized carbons (Fsp3) is 0.235. The van der Waals surface area contributed by atoms with Gasteiger partial charge in [-0.1, -0.05) is 28.9 Å². The van der Waals surface area contributed by atoms with Gasteiger partial charge in [0.1, 0.15) is 5.75 Å². The maximum Gasteiger partial charge on any atom is 0.416 e. The molecule has 1 unspecified atom stereocenters. The molecule has 0 saturated heterocycles. The van der Waals surface area contributed by atoms with Crippen molar-refractivity contribution in [3.05, 3.63) is 52.5 Å². The Morgan fingerprint density at radius 3 is 2.58 bits per heavy atom. The van der Waals surface area contributed by atoms with Crippen molar-refractivity contribution in [1.82, 2.24) is 0 Å². The summed E-state index contributed by atoms with van der Waals surface area (Å²) >= 11 is 3.34. The molecule has 7 heteroatoms. The summed E-state index contributed by atoms with van der Waals surface area (Å²) in [7, 11) is 0. The molecule has 0 spiro atoms. The first-order valence-corrected chi connectivity index (χ1v) is 8.08. The molecule has 24 heavy (non-hydrogen) atoms. The number of carbonyl (C=O) groups is 1. The van der Waals surface area contributed by atoms with Crippen LogP contribution in [0.15, 0.2) is 46.9 Å². The molecule has 1 aliphatic heterocycles. The second-order valence-electron chi connectivity index (χ2n) is 5.35. The van der Waals surface area contributed by atoms with Gasteiger partial charge in [-0.05, 0) is 42.8 Å². The zero-order valence-electron chi connectivity index (χ0n) is 12.6. The second kappa shape index (κ2) is 6.12. The summed E-state index contributed by atoms with van der Waals surface area (Å²) in [5, 5.41) is 0. The first-order chi connectivity index (χ1) is 11.3. The van der Waals surface area contributed by atoms with Crippen molar-refractivity contribution >= 4 is 33.2 Å². The molecular weight excluding hydrogens is 387 g/mol. The number of alkyl halides is 3. The predicted molar refractivity (Wildman–Crippen MR) is 87.4 cm³/mol. The monoisotopic (exact) mass is 399 g/mol. The zero-order valence-corrected chi connectivity index (χ0v) is 14.2. The summed E-state index contributed by atoms with van der Waals surface area (Å²) in [5.74, 6) is -0.251. The first kappa shape index (κ1) is 16.8. The van der Waals surface area contributed by atoms with Gasteiger partial charge in [0.15, 0.2) is 6.10 Å². The van der Waals surface area contributed by atoms with Crippen LogP contribution in [0.4, 0.5) is 24.5 Å². The Morgan fingerprint density at radius 1 is 1.21 bits per heavy atom. The van der Waals surface area contributed by atoms with E-state index in [0.717, 1.165) is 16.6 Å². The van der Waals surface area contributed by atoms with Crippen LogP contribution in [0, 0.1) is 0 Å². The predicted octanol–water partition coefficient (Wildman–Crippen LogP) is 5.30. The van der Waals surface area contributed by atoms with E-state index in [9.17, 15) is 18.0 Å². The molecule has 1 aliphatic rings. The van der Waals surface area contributed by atoms with Gasteiger partial charge in [0, 0.05) is 4.47 Å². The standard InChI is InChI=1S/C17H13BrF3NO2/c1-2-14-16(23)22(12-5-3-4-11(18)9-12)13-7-6-10(17(19,20)21)8-15(13)24-14/h3-9,14H,2H2,1H3. The Hall–Kier alpha value is -2.02. The van der Waals surface area contributed by atoms with E-state index >= 15 is 0 Å². The number of carbonyl (C=O) groups excluding carboxylic acids is 1. The number of halogens is 4. The highest BCUT2D eigenvalue weighted by Crippen LogP contribution is 2.43. The van der Waals surface area contributed by atoms with Crippen LogP contribution in [0.5, 0.6) is 5.75 Å². The average Bonchev–Trinajstić information content (AvgIpc) is 2.53. The molecule has 0 aliphatic carbocycles. The molecule has 0 saturated carbocycles. The molecule has 0 N–H and O–H groups in total. The van der Waals surface area contributed by atoms with Crippen molar-refractivity contribution in [2.45, 2.75) is 25.6 Å². The average molecular weight is 400 g/mol. The molecule has 3 rings (SSSR count). The molecule has 0 bridgehead atoms. The number of hydrogen-bond donors (Lipinski definition) is 0. The van der Waals surface area contributed by atoms with Crippen LogP contribution in [-0.2, 0) is 11.0 Å². The van der Waals surface area contributed by atoms with Gasteiger partial charge in [0.2, 0.25) is 0 Å². The smallest absolute Gasteiger partial charge is 0.416 e. The third-order valence-electron chi connectivity index (χ3n) is 3.73. The Morgan fingerprint density at radius 2 is 1.96 bits per heavy atom. The molecule has 0 fully saturated rings. The van der Waals surface area contributed by atoms with Crippen LogP contribution in [0.2, 0.25) is 0 Å². The Bertz CT molecular complexity index is 792. The number of rotatable bonds is 2. The van der Waals surface area contributed by atoms with E-state index in [1.165, 1.54) is 11.0 Å². The van der Waals surface area contributed by atoms with Gasteiger partial charge in [-0.15, -0.1) is 0 Å². The normalized spacial score (nSPS) is 17.5. The first-order valence-electron chi connectivity index (χ1n) is 7.28. The topological polar surface area (TPSA) is 29.5 Å². The lowest BCUT2D eigenvalue weighted by Gasteiger charge is -2.34. The second-order valence-corrected chi connectivity index (χ2v) is 6.26. The number of benzene rings is 2. The van der Waals surface area contributed by atoms with Gasteiger partial charge in [-0.3, -0.25) is 9.69 Å². The lowest BCUT2D eigenvalue weighted by Crippen LogP contribution is -2.43. The van der Waals surface area contributed by atoms with Crippen molar-refractivity contribution < 1.29 is 22.7 Å². The van der Waals surface area contributed by atoms with Crippen molar-refractivity contribution in [3.63, 3.8) is 0 Å².